The predicted octanol–water partition coefficient (Wildman–Crippen LogP) is 6.28. The summed E-state index contributed by atoms with van der Waals surface area (Å²) in [4.78, 5) is 1.36. The highest BCUT2D eigenvalue weighted by molar-refractivity contribution is 14.1. The first-order valence-electron chi connectivity index (χ1n) is 6.47. The minimum atomic E-state index is 0.252. The number of halogens is 3. The number of rotatable bonds is 5. The van der Waals surface area contributed by atoms with Gasteiger partial charge >= 0.3 is 0 Å². The second-order valence-corrected chi connectivity index (χ2v) is 9.33. The van der Waals surface area contributed by atoms with E-state index in [9.17, 15) is 0 Å². The Morgan fingerprint density at radius 2 is 2.00 bits per heavy atom. The van der Waals surface area contributed by atoms with Crippen molar-refractivity contribution in [1.82, 2.24) is 5.32 Å². The molecule has 0 aliphatic rings. The Balaban J connectivity index is 2.46. The number of aryl methyl sites for hydroxylation is 1. The second-order valence-electron chi connectivity index (χ2n) is 4.62. The molecule has 2 rings (SSSR count). The molecule has 0 saturated carbocycles. The van der Waals surface area contributed by atoms with Crippen LogP contribution in [0, 0.1) is 10.5 Å². The molecule has 0 aliphatic heterocycles. The van der Waals surface area contributed by atoms with Crippen molar-refractivity contribution in [3.8, 4) is 0 Å². The van der Waals surface area contributed by atoms with Gasteiger partial charge in [-0.15, -0.1) is 11.3 Å². The molecule has 0 amide bonds. The fraction of sp³-hybridized carbons (Fsp3) is 0.333. The summed E-state index contributed by atoms with van der Waals surface area (Å²) in [6.07, 6.45) is 1.13. The smallest absolute Gasteiger partial charge is 0.0704 e. The molecular formula is C15H16Br2INS. The lowest BCUT2D eigenvalue weighted by Gasteiger charge is -2.21. The van der Waals surface area contributed by atoms with Crippen molar-refractivity contribution in [3.05, 3.63) is 52.1 Å². The molecule has 2 aromatic rings. The van der Waals surface area contributed by atoms with Gasteiger partial charge in [0.1, 0.15) is 0 Å². The lowest BCUT2D eigenvalue weighted by atomic mass is 9.99. The van der Waals surface area contributed by atoms with E-state index in [4.69, 9.17) is 0 Å². The molecular weight excluding hydrogens is 513 g/mol. The second kappa shape index (κ2) is 7.72. The van der Waals surface area contributed by atoms with Crippen molar-refractivity contribution in [2.24, 2.45) is 0 Å². The summed E-state index contributed by atoms with van der Waals surface area (Å²) >= 11 is 11.4. The molecule has 0 fully saturated rings. The van der Waals surface area contributed by atoms with Crippen LogP contribution in [0.2, 0.25) is 0 Å². The molecule has 108 valence electrons. The zero-order valence-corrected chi connectivity index (χ0v) is 17.5. The van der Waals surface area contributed by atoms with Gasteiger partial charge in [0.05, 0.1) is 9.83 Å². The third kappa shape index (κ3) is 4.06. The molecule has 20 heavy (non-hydrogen) atoms. The highest BCUT2D eigenvalue weighted by atomic mass is 127. The normalized spacial score (nSPS) is 12.7. The number of thiophene rings is 1. The average molecular weight is 529 g/mol. The summed E-state index contributed by atoms with van der Waals surface area (Å²) in [7, 11) is 0. The Labute approximate surface area is 155 Å². The minimum absolute atomic E-state index is 0.252. The van der Waals surface area contributed by atoms with Gasteiger partial charge in [0, 0.05) is 12.9 Å². The standard InChI is InChI=1S/C15H16Br2INS/c1-3-6-19-15(11-8-14(17)20-9(11)2)12-7-10(16)4-5-13(12)18/h4-5,7-8,15,19H,3,6H2,1-2H3. The fourth-order valence-corrected chi connectivity index (χ4v) is 4.93. The minimum Gasteiger partial charge on any atom is -0.306 e. The third-order valence-corrected chi connectivity index (χ3v) is 6.15. The zero-order valence-electron chi connectivity index (χ0n) is 11.3. The van der Waals surface area contributed by atoms with Gasteiger partial charge in [-0.25, -0.2) is 0 Å². The summed E-state index contributed by atoms with van der Waals surface area (Å²) in [5.41, 5.74) is 2.70. The van der Waals surface area contributed by atoms with Gasteiger partial charge in [0.2, 0.25) is 0 Å². The molecule has 5 heteroatoms. The molecule has 1 nitrogen and oxygen atoms in total. The molecule has 0 radical (unpaired) electrons. The van der Waals surface area contributed by atoms with Gasteiger partial charge in [-0.3, -0.25) is 0 Å². The van der Waals surface area contributed by atoms with E-state index in [1.165, 1.54) is 23.4 Å². The molecule has 0 aliphatic carbocycles. The van der Waals surface area contributed by atoms with Gasteiger partial charge in [0.25, 0.3) is 0 Å². The van der Waals surface area contributed by atoms with Gasteiger partial charge in [-0.1, -0.05) is 22.9 Å². The first kappa shape index (κ1) is 16.9. The third-order valence-electron chi connectivity index (χ3n) is 3.10. The van der Waals surface area contributed by atoms with Crippen molar-refractivity contribution < 1.29 is 0 Å². The van der Waals surface area contributed by atoms with Crippen molar-refractivity contribution in [3.63, 3.8) is 0 Å². The molecule has 0 bridgehead atoms. The molecule has 1 aromatic carbocycles. The predicted molar refractivity (Wildman–Crippen MR) is 104 cm³/mol. The first-order valence-corrected chi connectivity index (χ1v) is 9.95. The topological polar surface area (TPSA) is 12.0 Å². The Bertz CT molecular complexity index is 598. The summed E-state index contributed by atoms with van der Waals surface area (Å²) in [6.45, 7) is 5.41. The quantitative estimate of drug-likeness (QED) is 0.451. The molecule has 1 N–H and O–H groups in total. The zero-order chi connectivity index (χ0) is 14.7. The number of hydrogen-bond donors (Lipinski definition) is 1. The maximum Gasteiger partial charge on any atom is 0.0704 e. The number of hydrogen-bond acceptors (Lipinski definition) is 2. The number of nitrogens with one attached hydrogen (secondary N) is 1. The lowest BCUT2D eigenvalue weighted by molar-refractivity contribution is 0.596. The first-order chi connectivity index (χ1) is 9.52. The van der Waals surface area contributed by atoms with Crippen LogP contribution in [-0.4, -0.2) is 6.54 Å². The van der Waals surface area contributed by atoms with Crippen molar-refractivity contribution in [1.29, 1.82) is 0 Å². The van der Waals surface area contributed by atoms with Crippen LogP contribution in [-0.2, 0) is 0 Å². The van der Waals surface area contributed by atoms with E-state index in [1.54, 1.807) is 11.3 Å². The summed E-state index contributed by atoms with van der Waals surface area (Å²) in [5.74, 6) is 0. The van der Waals surface area contributed by atoms with Gasteiger partial charge in [-0.05, 0) is 93.8 Å². The van der Waals surface area contributed by atoms with E-state index in [-0.39, 0.29) is 6.04 Å². The van der Waals surface area contributed by atoms with Gasteiger partial charge in [-0.2, -0.15) is 0 Å². The summed E-state index contributed by atoms with van der Waals surface area (Å²) in [5, 5.41) is 3.68. The maximum atomic E-state index is 3.68. The van der Waals surface area contributed by atoms with E-state index in [1.807, 2.05) is 0 Å². The average Bonchev–Trinajstić information content (AvgIpc) is 2.73. The van der Waals surface area contributed by atoms with Crippen LogP contribution in [0.1, 0.15) is 35.4 Å². The Morgan fingerprint density at radius 1 is 1.25 bits per heavy atom. The summed E-state index contributed by atoms with van der Waals surface area (Å²) < 4.78 is 3.61. The van der Waals surface area contributed by atoms with Crippen LogP contribution in [0.25, 0.3) is 0 Å². The largest absolute Gasteiger partial charge is 0.306 e. The van der Waals surface area contributed by atoms with Crippen LogP contribution in [0.4, 0.5) is 0 Å². The Kier molecular flexibility index (Phi) is 6.53. The van der Waals surface area contributed by atoms with Crippen molar-refractivity contribution in [2.75, 3.05) is 6.54 Å². The Morgan fingerprint density at radius 3 is 2.60 bits per heavy atom. The molecule has 1 heterocycles. The van der Waals surface area contributed by atoms with E-state index >= 15 is 0 Å². The number of benzene rings is 1. The molecule has 1 unspecified atom stereocenters. The highest BCUT2D eigenvalue weighted by Crippen LogP contribution is 2.36. The highest BCUT2D eigenvalue weighted by Gasteiger charge is 2.20. The van der Waals surface area contributed by atoms with E-state index < -0.39 is 0 Å². The SMILES string of the molecule is CCCNC(c1cc(Br)ccc1I)c1cc(Br)sc1C. The summed E-state index contributed by atoms with van der Waals surface area (Å²) in [6, 6.07) is 8.97. The monoisotopic (exact) mass is 527 g/mol. The van der Waals surface area contributed by atoms with Gasteiger partial charge < -0.3 is 5.32 Å². The molecule has 0 spiro atoms. The molecule has 1 aromatic heterocycles. The fourth-order valence-electron chi connectivity index (χ4n) is 2.16. The molecule has 0 saturated heterocycles. The van der Waals surface area contributed by atoms with E-state index in [0.29, 0.717) is 0 Å². The van der Waals surface area contributed by atoms with Crippen LogP contribution < -0.4 is 5.32 Å². The van der Waals surface area contributed by atoms with Gasteiger partial charge in [0.15, 0.2) is 0 Å². The maximum absolute atomic E-state index is 3.68. The lowest BCUT2D eigenvalue weighted by Crippen LogP contribution is -2.24. The van der Waals surface area contributed by atoms with Crippen molar-refractivity contribution in [2.45, 2.75) is 26.3 Å². The van der Waals surface area contributed by atoms with Crippen LogP contribution in [0.3, 0.4) is 0 Å². The van der Waals surface area contributed by atoms with Crippen molar-refractivity contribution >= 4 is 65.8 Å². The van der Waals surface area contributed by atoms with E-state index in [2.05, 4.69) is 97.9 Å². The Hall–Kier alpha value is 0.570. The van der Waals surface area contributed by atoms with Crippen LogP contribution in [0.5, 0.6) is 0 Å². The van der Waals surface area contributed by atoms with Crippen LogP contribution in [0.15, 0.2) is 32.5 Å². The molecule has 1 atom stereocenters. The van der Waals surface area contributed by atoms with E-state index in [0.717, 1.165) is 17.4 Å². The van der Waals surface area contributed by atoms with Crippen LogP contribution >= 0.6 is 65.8 Å².